The maximum Gasteiger partial charge on any atom is 0.333 e. The number of carbonyl (C=O) groups excluding carboxylic acids is 1. The highest BCUT2D eigenvalue weighted by Gasteiger charge is 1.95. The summed E-state index contributed by atoms with van der Waals surface area (Å²) in [6.07, 6.45) is 3.14. The topological polar surface area (TPSA) is 55.8 Å². The van der Waals surface area contributed by atoms with E-state index < -0.39 is 5.97 Å². The maximum atomic E-state index is 11.0. The van der Waals surface area contributed by atoms with Crippen LogP contribution in [-0.4, -0.2) is 24.3 Å². The lowest BCUT2D eigenvalue weighted by molar-refractivity contribution is -0.137. The average molecular weight is 236 g/mol. The van der Waals surface area contributed by atoms with Gasteiger partial charge in [-0.05, 0) is 31.0 Å². The van der Waals surface area contributed by atoms with E-state index in [1.807, 2.05) is 12.1 Å². The Morgan fingerprint density at radius 2 is 2.06 bits per heavy atom. The molecule has 0 aromatic heterocycles. The van der Waals surface area contributed by atoms with E-state index in [-0.39, 0.29) is 6.61 Å². The number of esters is 1. The Labute approximate surface area is 100 Å². The molecule has 92 valence electrons. The summed E-state index contributed by atoms with van der Waals surface area (Å²) >= 11 is 0. The van der Waals surface area contributed by atoms with Gasteiger partial charge in [0.25, 0.3) is 0 Å². The molecule has 0 aliphatic rings. The van der Waals surface area contributed by atoms with Gasteiger partial charge in [-0.25, -0.2) is 4.79 Å². The Kier molecular flexibility index (Phi) is 5.82. The summed E-state index contributed by atoms with van der Waals surface area (Å²) in [4.78, 5) is 11.0. The third-order valence-corrected chi connectivity index (χ3v) is 2.02. The lowest BCUT2D eigenvalue weighted by Crippen LogP contribution is -1.99. The van der Waals surface area contributed by atoms with Crippen molar-refractivity contribution in [3.8, 4) is 5.75 Å². The smallest absolute Gasteiger partial charge is 0.333 e. The standard InChI is InChI=1S/C13H16O4/c1-2-16-13(15)8-10-17-12-5-3-11(4-6-12)7-9-14/h3-6,8,10,14H,2,7,9H2,1H3/b10-8+. The number of rotatable bonds is 6. The second-order valence-electron chi connectivity index (χ2n) is 3.29. The Morgan fingerprint density at radius 3 is 2.65 bits per heavy atom. The van der Waals surface area contributed by atoms with E-state index in [9.17, 15) is 4.79 Å². The number of benzene rings is 1. The number of ether oxygens (including phenoxy) is 2. The summed E-state index contributed by atoms with van der Waals surface area (Å²) in [6.45, 7) is 2.22. The van der Waals surface area contributed by atoms with Gasteiger partial charge in [-0.3, -0.25) is 0 Å². The lowest BCUT2D eigenvalue weighted by Gasteiger charge is -2.02. The molecule has 1 rings (SSSR count). The molecular formula is C13H16O4. The van der Waals surface area contributed by atoms with E-state index in [2.05, 4.69) is 0 Å². The van der Waals surface area contributed by atoms with Crippen molar-refractivity contribution < 1.29 is 19.4 Å². The molecule has 0 aliphatic heterocycles. The third kappa shape index (κ3) is 5.17. The van der Waals surface area contributed by atoms with Gasteiger partial charge in [0.05, 0.1) is 18.9 Å². The summed E-state index contributed by atoms with van der Waals surface area (Å²) in [5.41, 5.74) is 1.04. The van der Waals surface area contributed by atoms with Crippen molar-refractivity contribution in [3.63, 3.8) is 0 Å². The van der Waals surface area contributed by atoms with Gasteiger partial charge < -0.3 is 14.6 Å². The van der Waals surface area contributed by atoms with Crippen molar-refractivity contribution in [2.75, 3.05) is 13.2 Å². The molecule has 1 aromatic rings. The van der Waals surface area contributed by atoms with Crippen LogP contribution in [0.15, 0.2) is 36.6 Å². The summed E-state index contributed by atoms with van der Waals surface area (Å²) < 4.78 is 9.91. The fraction of sp³-hybridized carbons (Fsp3) is 0.308. The van der Waals surface area contributed by atoms with Crippen molar-refractivity contribution in [2.24, 2.45) is 0 Å². The molecule has 4 heteroatoms. The number of aliphatic hydroxyl groups is 1. The van der Waals surface area contributed by atoms with Crippen LogP contribution in [0, 0.1) is 0 Å². The van der Waals surface area contributed by atoms with Gasteiger partial charge in [-0.1, -0.05) is 12.1 Å². The molecule has 17 heavy (non-hydrogen) atoms. The maximum absolute atomic E-state index is 11.0. The van der Waals surface area contributed by atoms with E-state index in [0.717, 1.165) is 5.56 Å². The van der Waals surface area contributed by atoms with E-state index in [1.54, 1.807) is 19.1 Å². The molecule has 0 saturated heterocycles. The summed E-state index contributed by atoms with van der Waals surface area (Å²) in [6, 6.07) is 7.29. The van der Waals surface area contributed by atoms with E-state index in [4.69, 9.17) is 14.6 Å². The first-order chi connectivity index (χ1) is 8.26. The highest BCUT2D eigenvalue weighted by molar-refractivity contribution is 5.81. The van der Waals surface area contributed by atoms with Crippen LogP contribution in [0.25, 0.3) is 0 Å². The third-order valence-electron chi connectivity index (χ3n) is 2.02. The highest BCUT2D eigenvalue weighted by Crippen LogP contribution is 2.12. The van der Waals surface area contributed by atoms with Gasteiger partial charge in [0.1, 0.15) is 5.75 Å². The molecule has 4 nitrogen and oxygen atoms in total. The average Bonchev–Trinajstić information content (AvgIpc) is 2.32. The molecule has 0 amide bonds. The van der Waals surface area contributed by atoms with Crippen LogP contribution in [0.4, 0.5) is 0 Å². The Morgan fingerprint density at radius 1 is 1.35 bits per heavy atom. The largest absolute Gasteiger partial charge is 0.465 e. The van der Waals surface area contributed by atoms with Crippen LogP contribution < -0.4 is 4.74 Å². The fourth-order valence-corrected chi connectivity index (χ4v) is 1.22. The number of carbonyl (C=O) groups is 1. The fourth-order valence-electron chi connectivity index (χ4n) is 1.22. The van der Waals surface area contributed by atoms with Crippen LogP contribution in [0.2, 0.25) is 0 Å². The van der Waals surface area contributed by atoms with Gasteiger partial charge in [0.15, 0.2) is 0 Å². The Balaban J connectivity index is 2.44. The van der Waals surface area contributed by atoms with E-state index >= 15 is 0 Å². The summed E-state index contributed by atoms with van der Waals surface area (Å²) in [5, 5.41) is 8.75. The molecule has 1 aromatic carbocycles. The molecule has 1 N–H and O–H groups in total. The van der Waals surface area contributed by atoms with Crippen LogP contribution in [0.5, 0.6) is 5.75 Å². The summed E-state index contributed by atoms with van der Waals surface area (Å²) in [5.74, 6) is 0.205. The minimum Gasteiger partial charge on any atom is -0.465 e. The molecule has 0 fully saturated rings. The van der Waals surface area contributed by atoms with Crippen molar-refractivity contribution >= 4 is 5.97 Å². The zero-order valence-electron chi connectivity index (χ0n) is 9.76. The zero-order valence-corrected chi connectivity index (χ0v) is 9.76. The quantitative estimate of drug-likeness (QED) is 0.464. The Bertz CT molecular complexity index is 368. The zero-order chi connectivity index (χ0) is 12.5. The second-order valence-corrected chi connectivity index (χ2v) is 3.29. The molecule has 0 saturated carbocycles. The minimum absolute atomic E-state index is 0.128. The first-order valence-corrected chi connectivity index (χ1v) is 5.46. The number of aliphatic hydroxyl groups excluding tert-OH is 1. The van der Waals surface area contributed by atoms with Crippen LogP contribution in [-0.2, 0) is 16.0 Å². The van der Waals surface area contributed by atoms with E-state index in [1.165, 1.54) is 12.3 Å². The molecule has 0 atom stereocenters. The van der Waals surface area contributed by atoms with Crippen LogP contribution >= 0.6 is 0 Å². The predicted octanol–water partition coefficient (Wildman–Crippen LogP) is 1.68. The minimum atomic E-state index is -0.426. The van der Waals surface area contributed by atoms with Crippen molar-refractivity contribution in [1.29, 1.82) is 0 Å². The van der Waals surface area contributed by atoms with E-state index in [0.29, 0.717) is 18.8 Å². The van der Waals surface area contributed by atoms with Crippen molar-refractivity contribution in [3.05, 3.63) is 42.2 Å². The molecule has 0 aliphatic carbocycles. The first kappa shape index (κ1) is 13.3. The van der Waals surface area contributed by atoms with Crippen LogP contribution in [0.1, 0.15) is 12.5 Å². The first-order valence-electron chi connectivity index (χ1n) is 5.46. The summed E-state index contributed by atoms with van der Waals surface area (Å²) in [7, 11) is 0. The molecule has 0 bridgehead atoms. The monoisotopic (exact) mass is 236 g/mol. The van der Waals surface area contributed by atoms with Crippen LogP contribution in [0.3, 0.4) is 0 Å². The molecule has 0 radical (unpaired) electrons. The second kappa shape index (κ2) is 7.46. The lowest BCUT2D eigenvalue weighted by atomic mass is 10.1. The van der Waals surface area contributed by atoms with Crippen molar-refractivity contribution in [2.45, 2.75) is 13.3 Å². The van der Waals surface area contributed by atoms with Gasteiger partial charge in [0, 0.05) is 6.61 Å². The molecule has 0 heterocycles. The SMILES string of the molecule is CCOC(=O)/C=C/Oc1ccc(CCO)cc1. The Hall–Kier alpha value is -1.81. The molecular weight excluding hydrogens is 220 g/mol. The van der Waals surface area contributed by atoms with Gasteiger partial charge in [-0.2, -0.15) is 0 Å². The van der Waals surface area contributed by atoms with Gasteiger partial charge >= 0.3 is 5.97 Å². The number of hydrogen-bond donors (Lipinski definition) is 1. The predicted molar refractivity (Wildman–Crippen MR) is 63.6 cm³/mol. The molecule has 0 spiro atoms. The normalized spacial score (nSPS) is 10.5. The van der Waals surface area contributed by atoms with Gasteiger partial charge in [-0.15, -0.1) is 0 Å². The molecule has 0 unspecified atom stereocenters. The highest BCUT2D eigenvalue weighted by atomic mass is 16.5. The van der Waals surface area contributed by atoms with Gasteiger partial charge in [0.2, 0.25) is 0 Å². The number of hydrogen-bond acceptors (Lipinski definition) is 4. The van der Waals surface area contributed by atoms with Crippen molar-refractivity contribution in [1.82, 2.24) is 0 Å².